The van der Waals surface area contributed by atoms with Crippen molar-refractivity contribution in [3.63, 3.8) is 0 Å². The van der Waals surface area contributed by atoms with E-state index in [4.69, 9.17) is 14.2 Å². The van der Waals surface area contributed by atoms with E-state index in [-0.39, 0.29) is 37.5 Å². The maximum absolute atomic E-state index is 12.9. The highest BCUT2D eigenvalue weighted by Crippen LogP contribution is 2.13. The summed E-state index contributed by atoms with van der Waals surface area (Å²) in [5, 5.41) is 0. The minimum Gasteiger partial charge on any atom is -0.462 e. The number of rotatable bonds is 54. The van der Waals surface area contributed by atoms with Crippen molar-refractivity contribution in [2.24, 2.45) is 0 Å². The molecular weight excluding hydrogens is 961 g/mol. The molecule has 0 spiro atoms. The van der Waals surface area contributed by atoms with Crippen LogP contribution in [0.2, 0.25) is 0 Å². The van der Waals surface area contributed by atoms with E-state index < -0.39 is 6.10 Å². The largest absolute Gasteiger partial charge is 0.462 e. The molecule has 0 bridgehead atoms. The third-order valence-electron chi connectivity index (χ3n) is 12.4. The van der Waals surface area contributed by atoms with Gasteiger partial charge in [-0.3, -0.25) is 14.4 Å². The van der Waals surface area contributed by atoms with Crippen LogP contribution >= 0.6 is 0 Å². The Labute approximate surface area is 479 Å². The number of carbonyl (C=O) groups excluding carboxylic acids is 3. The lowest BCUT2D eigenvalue weighted by atomic mass is 10.1. The Bertz CT molecular complexity index is 1810. The Morgan fingerprint density at radius 3 is 0.782 bits per heavy atom. The van der Waals surface area contributed by atoms with Gasteiger partial charge in [0.2, 0.25) is 0 Å². The van der Waals surface area contributed by atoms with Crippen molar-refractivity contribution in [3.05, 3.63) is 170 Å². The van der Waals surface area contributed by atoms with Crippen LogP contribution in [0.25, 0.3) is 0 Å². The molecule has 0 saturated carbocycles. The SMILES string of the molecule is CC/C=C\C/C=C\C/C=C\C/C=C\C/C=C\C/C=C\C/C=C\C/C=C\CCCCCCC(=O)OCC(COC(=O)CCCCCCC/C=C\C/C=C\CCCC)OC(=O)CCCCCC/C=C\C/C=C\C/C=C\C/C=C\CC. The molecule has 0 aromatic carbocycles. The predicted octanol–water partition coefficient (Wildman–Crippen LogP) is 21.5. The minimum atomic E-state index is -0.818. The molecule has 78 heavy (non-hydrogen) atoms. The van der Waals surface area contributed by atoms with Crippen LogP contribution in [0.4, 0.5) is 0 Å². The summed E-state index contributed by atoms with van der Waals surface area (Å²) < 4.78 is 16.8. The second-order valence-corrected chi connectivity index (χ2v) is 19.8. The monoisotopic (exact) mass is 1070 g/mol. The summed E-state index contributed by atoms with van der Waals surface area (Å²) in [5.74, 6) is -0.981. The maximum Gasteiger partial charge on any atom is 0.306 e. The molecule has 0 N–H and O–H groups in total. The molecule has 0 aliphatic carbocycles. The molecule has 0 radical (unpaired) electrons. The first kappa shape index (κ1) is 72.8. The van der Waals surface area contributed by atoms with E-state index >= 15 is 0 Å². The van der Waals surface area contributed by atoms with Crippen LogP contribution in [-0.2, 0) is 28.6 Å². The fraction of sp³-hybridized carbons (Fsp3) is 0.569. The van der Waals surface area contributed by atoms with Gasteiger partial charge in [0.1, 0.15) is 13.2 Å². The number of allylic oxidation sites excluding steroid dienone is 28. The Hall–Kier alpha value is -5.23. The van der Waals surface area contributed by atoms with Crippen LogP contribution in [-0.4, -0.2) is 37.2 Å². The van der Waals surface area contributed by atoms with Gasteiger partial charge in [0.15, 0.2) is 6.10 Å². The van der Waals surface area contributed by atoms with Crippen molar-refractivity contribution < 1.29 is 28.6 Å². The first-order chi connectivity index (χ1) is 38.5. The van der Waals surface area contributed by atoms with Crippen LogP contribution in [0.3, 0.4) is 0 Å². The lowest BCUT2D eigenvalue weighted by Crippen LogP contribution is -2.30. The summed E-state index contributed by atoms with van der Waals surface area (Å²) in [6.45, 7) is 6.30. The number of hydrogen-bond acceptors (Lipinski definition) is 6. The molecule has 0 aromatic rings. The first-order valence-corrected chi connectivity index (χ1v) is 31.1. The van der Waals surface area contributed by atoms with E-state index in [1.54, 1.807) is 0 Å². The average Bonchev–Trinajstić information content (AvgIpc) is 3.44. The molecule has 0 saturated heterocycles. The van der Waals surface area contributed by atoms with Crippen LogP contribution in [0.5, 0.6) is 0 Å². The third kappa shape index (κ3) is 61.6. The van der Waals surface area contributed by atoms with Gasteiger partial charge < -0.3 is 14.2 Å². The lowest BCUT2D eigenvalue weighted by molar-refractivity contribution is -0.167. The van der Waals surface area contributed by atoms with Crippen LogP contribution < -0.4 is 0 Å². The van der Waals surface area contributed by atoms with E-state index in [0.717, 1.165) is 186 Å². The van der Waals surface area contributed by atoms with Gasteiger partial charge >= 0.3 is 17.9 Å². The van der Waals surface area contributed by atoms with Crippen molar-refractivity contribution in [3.8, 4) is 0 Å². The van der Waals surface area contributed by atoms with E-state index in [9.17, 15) is 14.4 Å². The van der Waals surface area contributed by atoms with Crippen molar-refractivity contribution >= 4 is 17.9 Å². The van der Waals surface area contributed by atoms with Crippen molar-refractivity contribution in [2.75, 3.05) is 13.2 Å². The molecule has 0 rings (SSSR count). The fourth-order valence-electron chi connectivity index (χ4n) is 7.82. The van der Waals surface area contributed by atoms with Gasteiger partial charge in [-0.25, -0.2) is 0 Å². The highest BCUT2D eigenvalue weighted by molar-refractivity contribution is 5.71. The molecular formula is C72H112O6. The molecule has 0 aromatic heterocycles. The van der Waals surface area contributed by atoms with Crippen molar-refractivity contribution in [2.45, 2.75) is 252 Å². The Morgan fingerprint density at radius 2 is 0.500 bits per heavy atom. The summed E-state index contributed by atoms with van der Waals surface area (Å²) in [7, 11) is 0. The molecule has 436 valence electrons. The number of esters is 3. The molecule has 1 unspecified atom stereocenters. The Kier molecular flexibility index (Phi) is 60.0. The molecule has 0 heterocycles. The van der Waals surface area contributed by atoms with Gasteiger partial charge in [-0.05, 0) is 148 Å². The standard InChI is InChI=1S/C72H112O6/c1-4-7-10-13-16-19-22-25-28-30-31-32-33-34-35-36-37-38-39-40-41-43-44-47-50-53-56-59-62-65-71(74)77-68-69(67-76-70(73)64-61-58-55-52-49-46-27-24-21-18-15-12-9-6-3)78-72(75)66-63-60-57-54-51-48-45-42-29-26-23-20-17-14-11-8-5-2/h7-8,10-11,15-20,24-29,31-32,34-35,37-38,40-41,44-45,47-48,69H,4-6,9,12-14,21-23,30,33,36,39,42-43,46,49-68H2,1-3H3/b10-7-,11-8-,18-15-,19-16-,20-17-,27-24-,28-25-,29-26-,32-31-,35-34-,38-37-,41-40-,47-44-,48-45-. The summed E-state index contributed by atoms with van der Waals surface area (Å²) in [5.41, 5.74) is 0. The lowest BCUT2D eigenvalue weighted by Gasteiger charge is -2.18. The zero-order valence-corrected chi connectivity index (χ0v) is 49.9. The van der Waals surface area contributed by atoms with Crippen molar-refractivity contribution in [1.29, 1.82) is 0 Å². The van der Waals surface area contributed by atoms with Crippen LogP contribution in [0, 0.1) is 0 Å². The van der Waals surface area contributed by atoms with E-state index in [2.05, 4.69) is 191 Å². The summed E-state index contributed by atoms with van der Waals surface area (Å²) in [4.78, 5) is 38.3. The van der Waals surface area contributed by atoms with Gasteiger partial charge in [0.25, 0.3) is 0 Å². The zero-order valence-electron chi connectivity index (χ0n) is 49.9. The van der Waals surface area contributed by atoms with Crippen molar-refractivity contribution in [1.82, 2.24) is 0 Å². The average molecular weight is 1070 g/mol. The van der Waals surface area contributed by atoms with Gasteiger partial charge in [-0.2, -0.15) is 0 Å². The Morgan fingerprint density at radius 1 is 0.269 bits per heavy atom. The molecule has 6 nitrogen and oxygen atoms in total. The molecule has 6 heteroatoms. The second-order valence-electron chi connectivity index (χ2n) is 19.8. The topological polar surface area (TPSA) is 78.9 Å². The summed E-state index contributed by atoms with van der Waals surface area (Å²) >= 11 is 0. The number of ether oxygens (including phenoxy) is 3. The predicted molar refractivity (Wildman–Crippen MR) is 338 cm³/mol. The van der Waals surface area contributed by atoms with Gasteiger partial charge in [0, 0.05) is 19.3 Å². The smallest absolute Gasteiger partial charge is 0.306 e. The molecule has 0 aliphatic heterocycles. The second kappa shape index (κ2) is 64.3. The van der Waals surface area contributed by atoms with E-state index in [1.807, 2.05) is 0 Å². The quantitative estimate of drug-likeness (QED) is 0.0261. The summed E-state index contributed by atoms with van der Waals surface area (Å²) in [6.07, 6.45) is 94.9. The van der Waals surface area contributed by atoms with Gasteiger partial charge in [0.05, 0.1) is 0 Å². The summed E-state index contributed by atoms with van der Waals surface area (Å²) in [6, 6.07) is 0. The molecule has 0 aliphatic rings. The highest BCUT2D eigenvalue weighted by Gasteiger charge is 2.19. The number of hydrogen-bond donors (Lipinski definition) is 0. The highest BCUT2D eigenvalue weighted by atomic mass is 16.6. The van der Waals surface area contributed by atoms with Crippen LogP contribution in [0.15, 0.2) is 170 Å². The first-order valence-electron chi connectivity index (χ1n) is 31.1. The van der Waals surface area contributed by atoms with Crippen LogP contribution in [0.1, 0.15) is 245 Å². The van der Waals surface area contributed by atoms with E-state index in [1.165, 1.54) is 19.3 Å². The fourth-order valence-corrected chi connectivity index (χ4v) is 7.82. The van der Waals surface area contributed by atoms with Gasteiger partial charge in [-0.1, -0.05) is 249 Å². The van der Waals surface area contributed by atoms with E-state index in [0.29, 0.717) is 12.8 Å². The zero-order chi connectivity index (χ0) is 56.4. The van der Waals surface area contributed by atoms with Gasteiger partial charge in [-0.15, -0.1) is 0 Å². The number of unbranched alkanes of at least 4 members (excludes halogenated alkanes) is 15. The maximum atomic E-state index is 12.9. The molecule has 1 atom stereocenters. The molecule has 0 amide bonds. The normalized spacial score (nSPS) is 13.3. The third-order valence-corrected chi connectivity index (χ3v) is 12.4. The minimum absolute atomic E-state index is 0.111. The Balaban J connectivity index is 4.46. The molecule has 0 fully saturated rings. The number of carbonyl (C=O) groups is 3.